The first-order valence-electron chi connectivity index (χ1n) is 8.60. The Balaban J connectivity index is 1.42. The van der Waals surface area contributed by atoms with Crippen molar-refractivity contribution in [3.05, 3.63) is 54.9 Å². The highest BCUT2D eigenvalue weighted by Crippen LogP contribution is 2.23. The summed E-state index contributed by atoms with van der Waals surface area (Å²) in [4.78, 5) is 12.0. The van der Waals surface area contributed by atoms with Gasteiger partial charge in [-0.1, -0.05) is 12.1 Å². The number of anilines is 2. The largest absolute Gasteiger partial charge is 0.492 e. The summed E-state index contributed by atoms with van der Waals surface area (Å²) < 4.78 is 7.11. The molecule has 2 heterocycles. The topological polar surface area (TPSA) is 106 Å². The summed E-state index contributed by atoms with van der Waals surface area (Å²) >= 11 is 0. The molecule has 0 spiro atoms. The lowest BCUT2D eigenvalue weighted by Gasteiger charge is -2.12. The summed E-state index contributed by atoms with van der Waals surface area (Å²) in [5, 5.41) is 20.9. The van der Waals surface area contributed by atoms with Crippen molar-refractivity contribution in [1.29, 1.82) is 0 Å². The predicted molar refractivity (Wildman–Crippen MR) is 102 cm³/mol. The zero-order chi connectivity index (χ0) is 18.9. The Bertz CT molecular complexity index is 850. The molecule has 0 saturated heterocycles. The zero-order valence-electron chi connectivity index (χ0n) is 14.9. The van der Waals surface area contributed by atoms with Crippen LogP contribution in [0.3, 0.4) is 0 Å². The van der Waals surface area contributed by atoms with Gasteiger partial charge in [0.2, 0.25) is 0 Å². The second kappa shape index (κ2) is 9.18. The molecule has 0 unspecified atom stereocenters. The van der Waals surface area contributed by atoms with Crippen LogP contribution in [0.1, 0.15) is 6.92 Å². The molecule has 9 nitrogen and oxygen atoms in total. The number of carbonyl (C=O) groups is 1. The van der Waals surface area contributed by atoms with Gasteiger partial charge in [-0.05, 0) is 37.3 Å². The normalized spacial score (nSPS) is 10.3. The van der Waals surface area contributed by atoms with Crippen LogP contribution in [-0.4, -0.2) is 45.7 Å². The van der Waals surface area contributed by atoms with E-state index in [1.165, 1.54) is 0 Å². The molecule has 0 atom stereocenters. The number of aromatic nitrogens is 4. The lowest BCUT2D eigenvalue weighted by molar-refractivity contribution is 0.252. The monoisotopic (exact) mass is 367 g/mol. The van der Waals surface area contributed by atoms with Gasteiger partial charge in [-0.3, -0.25) is 0 Å². The van der Waals surface area contributed by atoms with Gasteiger partial charge in [0, 0.05) is 25.5 Å². The number of hydrogen-bond acceptors (Lipinski definition) is 6. The molecule has 2 aromatic heterocycles. The number of hydrogen-bond donors (Lipinski definition) is 3. The Labute approximate surface area is 156 Å². The van der Waals surface area contributed by atoms with E-state index in [1.54, 1.807) is 23.1 Å². The van der Waals surface area contributed by atoms with Crippen LogP contribution in [-0.2, 0) is 0 Å². The summed E-state index contributed by atoms with van der Waals surface area (Å²) in [6.45, 7) is 3.36. The summed E-state index contributed by atoms with van der Waals surface area (Å²) in [7, 11) is 0. The molecule has 0 fully saturated rings. The van der Waals surface area contributed by atoms with E-state index in [1.807, 2.05) is 43.3 Å². The van der Waals surface area contributed by atoms with Crippen molar-refractivity contribution in [2.24, 2.45) is 0 Å². The van der Waals surface area contributed by atoms with Gasteiger partial charge in [0.25, 0.3) is 0 Å². The SMILES string of the molecule is CCOc1ccccc1NC(=O)NCCNc1ccc(-n2cccn2)nn1. The molecule has 0 aliphatic carbocycles. The van der Waals surface area contributed by atoms with Crippen molar-refractivity contribution in [2.45, 2.75) is 6.92 Å². The minimum atomic E-state index is -0.302. The maximum absolute atomic E-state index is 12.0. The highest BCUT2D eigenvalue weighted by atomic mass is 16.5. The predicted octanol–water partition coefficient (Wildman–Crippen LogP) is 2.29. The molecule has 3 aromatic rings. The van der Waals surface area contributed by atoms with Crippen LogP contribution in [0.4, 0.5) is 16.3 Å². The Kier molecular flexibility index (Phi) is 6.18. The van der Waals surface area contributed by atoms with Crippen molar-refractivity contribution in [3.63, 3.8) is 0 Å². The van der Waals surface area contributed by atoms with Gasteiger partial charge in [-0.2, -0.15) is 5.10 Å². The Morgan fingerprint density at radius 2 is 2.00 bits per heavy atom. The highest BCUT2D eigenvalue weighted by Gasteiger charge is 2.06. The molecule has 27 heavy (non-hydrogen) atoms. The lowest BCUT2D eigenvalue weighted by Crippen LogP contribution is -2.32. The van der Waals surface area contributed by atoms with Crippen molar-refractivity contribution in [1.82, 2.24) is 25.3 Å². The summed E-state index contributed by atoms with van der Waals surface area (Å²) in [6, 6.07) is 12.4. The second-order valence-electron chi connectivity index (χ2n) is 5.46. The molecule has 0 saturated carbocycles. The zero-order valence-corrected chi connectivity index (χ0v) is 14.9. The Morgan fingerprint density at radius 3 is 2.74 bits per heavy atom. The summed E-state index contributed by atoms with van der Waals surface area (Å²) in [5.41, 5.74) is 0.630. The number of carbonyl (C=O) groups excluding carboxylic acids is 1. The smallest absolute Gasteiger partial charge is 0.319 e. The number of para-hydroxylation sites is 2. The van der Waals surface area contributed by atoms with Crippen LogP contribution in [0.25, 0.3) is 5.82 Å². The Morgan fingerprint density at radius 1 is 1.11 bits per heavy atom. The van der Waals surface area contributed by atoms with E-state index in [-0.39, 0.29) is 6.03 Å². The standard InChI is InChI=1S/C18H21N7O2/c1-2-27-15-7-4-3-6-14(15)22-18(26)20-12-11-19-16-8-9-17(24-23-16)25-13-5-10-21-25/h3-10,13H,2,11-12H2,1H3,(H,19,23)(H2,20,22,26). The van der Waals surface area contributed by atoms with Gasteiger partial charge < -0.3 is 20.7 Å². The number of ether oxygens (including phenoxy) is 1. The molecule has 1 aromatic carbocycles. The Hall–Kier alpha value is -3.62. The van der Waals surface area contributed by atoms with Gasteiger partial charge >= 0.3 is 6.03 Å². The minimum Gasteiger partial charge on any atom is -0.492 e. The third-order valence-electron chi connectivity index (χ3n) is 3.54. The average Bonchev–Trinajstić information content (AvgIpc) is 3.22. The van der Waals surface area contributed by atoms with Gasteiger partial charge in [-0.15, -0.1) is 10.2 Å². The molecular formula is C18H21N7O2. The van der Waals surface area contributed by atoms with E-state index in [0.717, 1.165) is 0 Å². The molecule has 3 N–H and O–H groups in total. The lowest BCUT2D eigenvalue weighted by atomic mass is 10.3. The molecule has 0 aliphatic rings. The van der Waals surface area contributed by atoms with Crippen molar-refractivity contribution in [2.75, 3.05) is 30.3 Å². The molecule has 140 valence electrons. The van der Waals surface area contributed by atoms with E-state index < -0.39 is 0 Å². The van der Waals surface area contributed by atoms with E-state index in [2.05, 4.69) is 31.2 Å². The fraction of sp³-hybridized carbons (Fsp3) is 0.222. The number of urea groups is 1. The first kappa shape index (κ1) is 18.2. The fourth-order valence-electron chi connectivity index (χ4n) is 2.33. The third kappa shape index (κ3) is 5.18. The van der Waals surface area contributed by atoms with E-state index >= 15 is 0 Å². The first-order chi connectivity index (χ1) is 13.3. The van der Waals surface area contributed by atoms with Crippen LogP contribution in [0.2, 0.25) is 0 Å². The molecule has 9 heteroatoms. The first-order valence-corrected chi connectivity index (χ1v) is 8.60. The molecule has 2 amide bonds. The van der Waals surface area contributed by atoms with Crippen LogP contribution in [0.5, 0.6) is 5.75 Å². The van der Waals surface area contributed by atoms with E-state index in [0.29, 0.717) is 42.8 Å². The van der Waals surface area contributed by atoms with Gasteiger partial charge in [0.05, 0.1) is 12.3 Å². The third-order valence-corrected chi connectivity index (χ3v) is 3.54. The van der Waals surface area contributed by atoms with Crippen LogP contribution < -0.4 is 20.7 Å². The number of amides is 2. The highest BCUT2D eigenvalue weighted by molar-refractivity contribution is 5.90. The fourth-order valence-corrected chi connectivity index (χ4v) is 2.33. The maximum atomic E-state index is 12.0. The van der Waals surface area contributed by atoms with Crippen molar-refractivity contribution in [3.8, 4) is 11.6 Å². The number of benzene rings is 1. The number of rotatable bonds is 8. The van der Waals surface area contributed by atoms with Crippen LogP contribution in [0.15, 0.2) is 54.9 Å². The van der Waals surface area contributed by atoms with Gasteiger partial charge in [-0.25, -0.2) is 9.48 Å². The number of nitrogens with one attached hydrogen (secondary N) is 3. The summed E-state index contributed by atoms with van der Waals surface area (Å²) in [5.74, 6) is 1.90. The summed E-state index contributed by atoms with van der Waals surface area (Å²) in [6.07, 6.45) is 3.47. The minimum absolute atomic E-state index is 0.302. The molecule has 0 bridgehead atoms. The van der Waals surface area contributed by atoms with Crippen LogP contribution in [0, 0.1) is 0 Å². The van der Waals surface area contributed by atoms with Gasteiger partial charge in [0.15, 0.2) is 5.82 Å². The average molecular weight is 367 g/mol. The quantitative estimate of drug-likeness (QED) is 0.528. The maximum Gasteiger partial charge on any atom is 0.319 e. The van der Waals surface area contributed by atoms with Crippen molar-refractivity contribution >= 4 is 17.5 Å². The second-order valence-corrected chi connectivity index (χ2v) is 5.46. The van der Waals surface area contributed by atoms with E-state index in [9.17, 15) is 4.79 Å². The van der Waals surface area contributed by atoms with E-state index in [4.69, 9.17) is 4.74 Å². The number of nitrogens with zero attached hydrogens (tertiary/aromatic N) is 4. The van der Waals surface area contributed by atoms with Gasteiger partial charge in [0.1, 0.15) is 11.6 Å². The van der Waals surface area contributed by atoms with Crippen LogP contribution >= 0.6 is 0 Å². The molecular weight excluding hydrogens is 346 g/mol. The molecule has 0 aliphatic heterocycles. The molecule has 3 rings (SSSR count). The molecule has 0 radical (unpaired) electrons. The van der Waals surface area contributed by atoms with Crippen molar-refractivity contribution < 1.29 is 9.53 Å².